The van der Waals surface area contributed by atoms with Crippen molar-refractivity contribution in [3.05, 3.63) is 84.1 Å². The summed E-state index contributed by atoms with van der Waals surface area (Å²) in [5.74, 6) is 0. The van der Waals surface area contributed by atoms with Gasteiger partial charge in [-0.2, -0.15) is 13.2 Å². The molecule has 0 aliphatic rings. The summed E-state index contributed by atoms with van der Waals surface area (Å²) in [7, 11) is 0. The molecule has 3 rings (SSSR count). The summed E-state index contributed by atoms with van der Waals surface area (Å²) in [5, 5.41) is 0.975. The van der Waals surface area contributed by atoms with E-state index in [1.165, 1.54) is 6.07 Å². The zero-order valence-corrected chi connectivity index (χ0v) is 11.6. The molecule has 0 saturated heterocycles. The molecule has 0 radical (unpaired) electrons. The van der Waals surface area contributed by atoms with Crippen LogP contribution >= 0.6 is 0 Å². The lowest BCUT2D eigenvalue weighted by Gasteiger charge is -2.11. The van der Waals surface area contributed by atoms with Crippen LogP contribution < -0.4 is 0 Å². The maximum Gasteiger partial charge on any atom is 0.416 e. The van der Waals surface area contributed by atoms with Crippen molar-refractivity contribution in [2.45, 2.75) is 6.18 Å². The SMILES string of the molecule is C=C(c1cccc(C(F)(F)F)c1)c1ccc2ccccc2n1. The van der Waals surface area contributed by atoms with Gasteiger partial charge < -0.3 is 0 Å². The number of rotatable bonds is 2. The summed E-state index contributed by atoms with van der Waals surface area (Å²) in [6, 6.07) is 16.3. The smallest absolute Gasteiger partial charge is 0.248 e. The molecule has 0 N–H and O–H groups in total. The van der Waals surface area contributed by atoms with Gasteiger partial charge in [-0.25, -0.2) is 4.98 Å². The van der Waals surface area contributed by atoms with Gasteiger partial charge in [0.1, 0.15) is 0 Å². The van der Waals surface area contributed by atoms with Crippen molar-refractivity contribution in [2.24, 2.45) is 0 Å². The van der Waals surface area contributed by atoms with Gasteiger partial charge in [0.05, 0.1) is 16.8 Å². The highest BCUT2D eigenvalue weighted by Crippen LogP contribution is 2.32. The van der Waals surface area contributed by atoms with Crippen LogP contribution in [0, 0.1) is 0 Å². The van der Waals surface area contributed by atoms with Crippen molar-refractivity contribution in [1.29, 1.82) is 0 Å². The average Bonchev–Trinajstić information content (AvgIpc) is 2.53. The first-order valence-electron chi connectivity index (χ1n) is 6.68. The molecule has 22 heavy (non-hydrogen) atoms. The topological polar surface area (TPSA) is 12.9 Å². The van der Waals surface area contributed by atoms with Crippen LogP contribution in [0.3, 0.4) is 0 Å². The zero-order chi connectivity index (χ0) is 15.7. The predicted molar refractivity (Wildman–Crippen MR) is 81.3 cm³/mol. The number of pyridine rings is 1. The number of para-hydroxylation sites is 1. The van der Waals surface area contributed by atoms with Gasteiger partial charge in [0.15, 0.2) is 0 Å². The third-order valence-corrected chi connectivity index (χ3v) is 3.45. The van der Waals surface area contributed by atoms with Crippen molar-refractivity contribution in [2.75, 3.05) is 0 Å². The lowest BCUT2D eigenvalue weighted by atomic mass is 10.0. The fourth-order valence-corrected chi connectivity index (χ4v) is 2.27. The van der Waals surface area contributed by atoms with Crippen molar-refractivity contribution in [3.8, 4) is 0 Å². The van der Waals surface area contributed by atoms with E-state index >= 15 is 0 Å². The lowest BCUT2D eigenvalue weighted by molar-refractivity contribution is -0.137. The molecule has 2 aromatic carbocycles. The van der Waals surface area contributed by atoms with Gasteiger partial charge in [0.2, 0.25) is 0 Å². The maximum atomic E-state index is 12.8. The number of hydrogen-bond acceptors (Lipinski definition) is 1. The van der Waals surface area contributed by atoms with Crippen LogP contribution in [-0.2, 0) is 6.18 Å². The van der Waals surface area contributed by atoms with E-state index in [1.807, 2.05) is 30.3 Å². The minimum absolute atomic E-state index is 0.414. The largest absolute Gasteiger partial charge is 0.416 e. The summed E-state index contributed by atoms with van der Waals surface area (Å²) in [6.07, 6.45) is -4.37. The predicted octanol–water partition coefficient (Wildman–Crippen LogP) is 5.32. The highest BCUT2D eigenvalue weighted by atomic mass is 19.4. The second kappa shape index (κ2) is 5.30. The molecule has 110 valence electrons. The first kappa shape index (κ1) is 14.3. The zero-order valence-electron chi connectivity index (χ0n) is 11.6. The Balaban J connectivity index is 2.02. The van der Waals surface area contributed by atoms with Gasteiger partial charge in [0, 0.05) is 11.0 Å². The standard InChI is InChI=1S/C18H12F3N/c1-12(14-6-4-7-15(11-14)18(19,20)21)16-10-9-13-5-2-3-8-17(13)22-16/h2-11H,1H2. The number of benzene rings is 2. The molecule has 1 aromatic heterocycles. The van der Waals surface area contributed by atoms with Crippen LogP contribution in [0.1, 0.15) is 16.8 Å². The van der Waals surface area contributed by atoms with Gasteiger partial charge >= 0.3 is 6.18 Å². The van der Waals surface area contributed by atoms with E-state index in [1.54, 1.807) is 12.1 Å². The number of fused-ring (bicyclic) bond motifs is 1. The van der Waals surface area contributed by atoms with Crippen LogP contribution in [0.2, 0.25) is 0 Å². The van der Waals surface area contributed by atoms with Crippen LogP contribution in [-0.4, -0.2) is 4.98 Å². The van der Waals surface area contributed by atoms with Crippen LogP contribution in [0.25, 0.3) is 16.5 Å². The van der Waals surface area contributed by atoms with E-state index in [-0.39, 0.29) is 0 Å². The lowest BCUT2D eigenvalue weighted by Crippen LogP contribution is -2.05. The number of nitrogens with zero attached hydrogens (tertiary/aromatic N) is 1. The summed E-state index contributed by atoms with van der Waals surface area (Å²) in [5.41, 5.74) is 1.55. The molecule has 0 aliphatic carbocycles. The van der Waals surface area contributed by atoms with Crippen molar-refractivity contribution in [3.63, 3.8) is 0 Å². The molecule has 0 atom stereocenters. The van der Waals surface area contributed by atoms with Crippen LogP contribution in [0.15, 0.2) is 67.2 Å². The molecule has 4 heteroatoms. The normalized spacial score (nSPS) is 11.6. The molecule has 1 nitrogen and oxygen atoms in total. The molecule has 1 heterocycles. The summed E-state index contributed by atoms with van der Waals surface area (Å²) in [4.78, 5) is 4.46. The van der Waals surface area contributed by atoms with Gasteiger partial charge in [-0.15, -0.1) is 0 Å². The fourth-order valence-electron chi connectivity index (χ4n) is 2.27. The van der Waals surface area contributed by atoms with Crippen LogP contribution in [0.4, 0.5) is 13.2 Å². The first-order chi connectivity index (χ1) is 10.4. The van der Waals surface area contributed by atoms with E-state index in [0.29, 0.717) is 16.8 Å². The van der Waals surface area contributed by atoms with Gasteiger partial charge in [-0.05, 0) is 29.8 Å². The third-order valence-electron chi connectivity index (χ3n) is 3.45. The Morgan fingerprint density at radius 3 is 2.45 bits per heavy atom. The van der Waals surface area contributed by atoms with E-state index in [0.717, 1.165) is 23.0 Å². The Kier molecular flexibility index (Phi) is 3.45. The Morgan fingerprint density at radius 1 is 0.909 bits per heavy atom. The van der Waals surface area contributed by atoms with Gasteiger partial charge in [-0.1, -0.05) is 43.0 Å². The quantitative estimate of drug-likeness (QED) is 0.624. The van der Waals surface area contributed by atoms with Crippen molar-refractivity contribution < 1.29 is 13.2 Å². The van der Waals surface area contributed by atoms with E-state index in [4.69, 9.17) is 0 Å². The average molecular weight is 299 g/mol. The second-order valence-corrected chi connectivity index (χ2v) is 4.95. The van der Waals surface area contributed by atoms with E-state index < -0.39 is 11.7 Å². The molecule has 3 aromatic rings. The molecule has 0 spiro atoms. The highest BCUT2D eigenvalue weighted by molar-refractivity contribution is 5.83. The Morgan fingerprint density at radius 2 is 1.68 bits per heavy atom. The van der Waals surface area contributed by atoms with E-state index in [2.05, 4.69) is 11.6 Å². The van der Waals surface area contributed by atoms with Crippen LogP contribution in [0.5, 0.6) is 0 Å². The molecule has 0 saturated carbocycles. The van der Waals surface area contributed by atoms with Crippen molar-refractivity contribution >= 4 is 16.5 Å². The third kappa shape index (κ3) is 2.72. The molecule has 0 aliphatic heterocycles. The summed E-state index contributed by atoms with van der Waals surface area (Å²) in [6.45, 7) is 3.90. The number of halogens is 3. The molecule has 0 unspecified atom stereocenters. The Bertz CT molecular complexity index is 850. The number of aromatic nitrogens is 1. The molecular weight excluding hydrogens is 287 g/mol. The molecule has 0 amide bonds. The maximum absolute atomic E-state index is 12.8. The monoisotopic (exact) mass is 299 g/mol. The molecule has 0 fully saturated rings. The van der Waals surface area contributed by atoms with E-state index in [9.17, 15) is 13.2 Å². The minimum atomic E-state index is -4.37. The Labute approximate surface area is 125 Å². The minimum Gasteiger partial charge on any atom is -0.248 e. The fraction of sp³-hybridized carbons (Fsp3) is 0.0556. The second-order valence-electron chi connectivity index (χ2n) is 4.95. The molecular formula is C18H12F3N. The number of hydrogen-bond donors (Lipinski definition) is 0. The van der Waals surface area contributed by atoms with Crippen molar-refractivity contribution in [1.82, 2.24) is 4.98 Å². The first-order valence-corrected chi connectivity index (χ1v) is 6.68. The van der Waals surface area contributed by atoms with Gasteiger partial charge in [0.25, 0.3) is 0 Å². The molecule has 0 bridgehead atoms. The summed E-state index contributed by atoms with van der Waals surface area (Å²) < 4.78 is 38.4. The highest BCUT2D eigenvalue weighted by Gasteiger charge is 2.30. The number of alkyl halides is 3. The van der Waals surface area contributed by atoms with Gasteiger partial charge in [-0.3, -0.25) is 0 Å². The Hall–Kier alpha value is -2.62. The summed E-state index contributed by atoms with van der Waals surface area (Å²) >= 11 is 0.